The van der Waals surface area contributed by atoms with Crippen LogP contribution in [0.5, 0.6) is 0 Å². The maximum atomic E-state index is 12.5. The number of hydrogen-bond donors (Lipinski definition) is 1. The molecule has 1 atom stereocenters. The van der Waals surface area contributed by atoms with Crippen molar-refractivity contribution >= 4 is 27.3 Å². The van der Waals surface area contributed by atoms with Crippen LogP contribution >= 0.6 is 0 Å². The first-order valence-electron chi connectivity index (χ1n) is 8.00. The molecule has 0 saturated carbocycles. The van der Waals surface area contributed by atoms with Gasteiger partial charge in [-0.3, -0.25) is 4.79 Å². The molecular formula is C18H19N3O4S. The fourth-order valence-electron chi connectivity index (χ4n) is 2.54. The fraction of sp³-hybridized carbons (Fsp3) is 0.222. The van der Waals surface area contributed by atoms with Gasteiger partial charge in [0.2, 0.25) is 10.0 Å². The number of anilines is 1. The molecule has 7 nitrogen and oxygen atoms in total. The van der Waals surface area contributed by atoms with Gasteiger partial charge in [0.25, 0.3) is 5.91 Å². The first-order valence-corrected chi connectivity index (χ1v) is 9.44. The van der Waals surface area contributed by atoms with Gasteiger partial charge >= 0.3 is 0 Å². The van der Waals surface area contributed by atoms with Crippen molar-refractivity contribution in [3.05, 3.63) is 60.2 Å². The van der Waals surface area contributed by atoms with Gasteiger partial charge in [-0.15, -0.1) is 0 Å². The van der Waals surface area contributed by atoms with Gasteiger partial charge in [-0.25, -0.2) is 12.7 Å². The number of rotatable bonds is 5. The van der Waals surface area contributed by atoms with Crippen LogP contribution in [0.3, 0.4) is 0 Å². The Morgan fingerprint density at radius 3 is 2.46 bits per heavy atom. The summed E-state index contributed by atoms with van der Waals surface area (Å²) in [5.41, 5.74) is 1.35. The number of nitrogens with one attached hydrogen (secondary N) is 1. The van der Waals surface area contributed by atoms with Crippen molar-refractivity contribution < 1.29 is 18.0 Å². The molecule has 0 fully saturated rings. The zero-order chi connectivity index (χ0) is 18.7. The predicted octanol–water partition coefficient (Wildman–Crippen LogP) is 2.39. The average molecular weight is 373 g/mol. The summed E-state index contributed by atoms with van der Waals surface area (Å²) in [6.45, 7) is 0. The summed E-state index contributed by atoms with van der Waals surface area (Å²) in [4.78, 5) is 17.9. The smallest absolute Gasteiger partial charge is 0.273 e. The van der Waals surface area contributed by atoms with E-state index in [0.717, 1.165) is 9.87 Å². The number of hydrogen-bond acceptors (Lipinski definition) is 5. The summed E-state index contributed by atoms with van der Waals surface area (Å²) in [5, 5.41) is 6.49. The van der Waals surface area contributed by atoms with Crippen molar-refractivity contribution in [2.75, 3.05) is 19.4 Å². The van der Waals surface area contributed by atoms with E-state index in [9.17, 15) is 13.2 Å². The highest BCUT2D eigenvalue weighted by Gasteiger charge is 2.29. The van der Waals surface area contributed by atoms with Crippen molar-refractivity contribution in [3.63, 3.8) is 0 Å². The highest BCUT2D eigenvalue weighted by molar-refractivity contribution is 7.89. The molecule has 1 N–H and O–H groups in total. The van der Waals surface area contributed by atoms with Gasteiger partial charge in [-0.05, 0) is 17.7 Å². The molecule has 8 heteroatoms. The van der Waals surface area contributed by atoms with Gasteiger partial charge in [0, 0.05) is 20.5 Å². The highest BCUT2D eigenvalue weighted by atomic mass is 32.2. The Hall–Kier alpha value is -2.71. The maximum absolute atomic E-state index is 12.5. The van der Waals surface area contributed by atoms with Gasteiger partial charge in [-0.1, -0.05) is 47.6 Å². The number of amides is 1. The molecule has 2 aromatic carbocycles. The molecule has 0 bridgehead atoms. The summed E-state index contributed by atoms with van der Waals surface area (Å²) < 4.78 is 25.9. The third-order valence-electron chi connectivity index (χ3n) is 4.00. The quantitative estimate of drug-likeness (QED) is 0.872. The Labute approximate surface area is 152 Å². The molecule has 136 valence electrons. The minimum absolute atomic E-state index is 0.0254. The maximum Gasteiger partial charge on any atom is 0.273 e. The summed E-state index contributed by atoms with van der Waals surface area (Å²) in [5.74, 6) is -0.482. The Morgan fingerprint density at radius 2 is 1.77 bits per heavy atom. The van der Waals surface area contributed by atoms with Crippen LogP contribution in [0, 0.1) is 0 Å². The minimum atomic E-state index is -3.68. The molecule has 1 aliphatic rings. The third kappa shape index (κ3) is 3.61. The minimum Gasteiger partial charge on any atom is -0.387 e. The number of carbonyl (C=O) groups excluding carboxylic acids is 1. The van der Waals surface area contributed by atoms with E-state index in [-0.39, 0.29) is 22.4 Å². The summed E-state index contributed by atoms with van der Waals surface area (Å²) in [6, 6.07) is 15.7. The summed E-state index contributed by atoms with van der Waals surface area (Å²) in [6.07, 6.45) is -0.00367. The summed E-state index contributed by atoms with van der Waals surface area (Å²) in [7, 11) is -0.807. The molecular weight excluding hydrogens is 354 g/mol. The van der Waals surface area contributed by atoms with Gasteiger partial charge in [-0.2, -0.15) is 0 Å². The molecule has 3 rings (SSSR count). The molecule has 0 aromatic heterocycles. The van der Waals surface area contributed by atoms with Crippen molar-refractivity contribution in [1.82, 2.24) is 4.31 Å². The van der Waals surface area contributed by atoms with Crippen molar-refractivity contribution in [2.24, 2.45) is 5.16 Å². The number of oxime groups is 1. The third-order valence-corrected chi connectivity index (χ3v) is 5.87. The Bertz CT molecular complexity index is 940. The van der Waals surface area contributed by atoms with E-state index in [1.807, 2.05) is 30.3 Å². The van der Waals surface area contributed by atoms with Gasteiger partial charge in [0.15, 0.2) is 6.10 Å². The van der Waals surface area contributed by atoms with Crippen LogP contribution in [0.1, 0.15) is 18.1 Å². The van der Waals surface area contributed by atoms with Crippen LogP contribution < -0.4 is 5.32 Å². The Morgan fingerprint density at radius 1 is 1.12 bits per heavy atom. The number of carbonyl (C=O) groups is 1. The topological polar surface area (TPSA) is 88.1 Å². The first kappa shape index (κ1) is 18.1. The highest BCUT2D eigenvalue weighted by Crippen LogP contribution is 2.28. The van der Waals surface area contributed by atoms with Gasteiger partial charge < -0.3 is 10.2 Å². The second-order valence-electron chi connectivity index (χ2n) is 5.98. The number of sulfonamides is 1. The largest absolute Gasteiger partial charge is 0.387 e. The van der Waals surface area contributed by atoms with E-state index >= 15 is 0 Å². The second-order valence-corrected chi connectivity index (χ2v) is 8.10. The van der Waals surface area contributed by atoms with E-state index in [4.69, 9.17) is 4.84 Å². The van der Waals surface area contributed by atoms with Crippen LogP contribution in [0.4, 0.5) is 5.69 Å². The normalized spacial score (nSPS) is 16.9. The van der Waals surface area contributed by atoms with E-state index in [0.29, 0.717) is 6.42 Å². The Balaban J connectivity index is 1.76. The first-order chi connectivity index (χ1) is 12.4. The lowest BCUT2D eigenvalue weighted by molar-refractivity contribution is -0.110. The molecule has 1 amide bonds. The molecule has 1 unspecified atom stereocenters. The molecule has 0 aliphatic carbocycles. The molecule has 0 saturated heterocycles. The summed E-state index contributed by atoms with van der Waals surface area (Å²) >= 11 is 0. The van der Waals surface area contributed by atoms with E-state index < -0.39 is 15.9 Å². The van der Waals surface area contributed by atoms with E-state index in [1.165, 1.54) is 20.2 Å². The van der Waals surface area contributed by atoms with Crippen LogP contribution in [-0.4, -0.2) is 38.4 Å². The predicted molar refractivity (Wildman–Crippen MR) is 98.3 cm³/mol. The molecule has 26 heavy (non-hydrogen) atoms. The monoisotopic (exact) mass is 373 g/mol. The van der Waals surface area contributed by atoms with Gasteiger partial charge in [0.05, 0.1) is 5.69 Å². The zero-order valence-corrected chi connectivity index (χ0v) is 15.2. The lowest BCUT2D eigenvalue weighted by Crippen LogP contribution is -2.26. The van der Waals surface area contributed by atoms with Gasteiger partial charge in [0.1, 0.15) is 10.6 Å². The standard InChI is InChI=1S/C18H19N3O4S/c1-21(2)26(23,24)17-11-7-6-10-14(17)19-18(22)15-12-16(25-20-15)13-8-4-3-5-9-13/h3-11,16H,12H2,1-2H3,(H,19,22). The van der Waals surface area contributed by atoms with Crippen molar-refractivity contribution in [2.45, 2.75) is 17.4 Å². The molecule has 1 heterocycles. The van der Waals surface area contributed by atoms with Crippen LogP contribution in [0.25, 0.3) is 0 Å². The molecule has 0 radical (unpaired) electrons. The molecule has 2 aromatic rings. The zero-order valence-electron chi connectivity index (χ0n) is 14.4. The van der Waals surface area contributed by atoms with Crippen LogP contribution in [0.2, 0.25) is 0 Å². The molecule has 0 spiro atoms. The van der Waals surface area contributed by atoms with Crippen LogP contribution in [-0.2, 0) is 19.7 Å². The fourth-order valence-corrected chi connectivity index (χ4v) is 3.58. The Kier molecular flexibility index (Phi) is 5.06. The lowest BCUT2D eigenvalue weighted by Gasteiger charge is -2.15. The number of benzene rings is 2. The number of para-hydroxylation sites is 1. The van der Waals surface area contributed by atoms with Crippen molar-refractivity contribution in [1.29, 1.82) is 0 Å². The lowest BCUT2D eigenvalue weighted by atomic mass is 10.0. The molecule has 1 aliphatic heterocycles. The number of nitrogens with zero attached hydrogens (tertiary/aromatic N) is 2. The SMILES string of the molecule is CN(C)S(=O)(=O)c1ccccc1NC(=O)C1=NOC(c2ccccc2)C1. The second kappa shape index (κ2) is 7.27. The van der Waals surface area contributed by atoms with E-state index in [2.05, 4.69) is 10.5 Å². The van der Waals surface area contributed by atoms with Crippen molar-refractivity contribution in [3.8, 4) is 0 Å². The average Bonchev–Trinajstić information content (AvgIpc) is 3.13. The van der Waals surface area contributed by atoms with Crippen LogP contribution in [0.15, 0.2) is 64.6 Å². The van der Waals surface area contributed by atoms with E-state index in [1.54, 1.807) is 18.2 Å².